The van der Waals surface area contributed by atoms with Crippen LogP contribution in [-0.2, 0) is 0 Å². The number of hydrogen-bond donors (Lipinski definition) is 1. The van der Waals surface area contributed by atoms with Gasteiger partial charge in [0.05, 0.1) is 6.54 Å². The predicted molar refractivity (Wildman–Crippen MR) is 36.7 cm³/mol. The number of nitrogens with zero attached hydrogens (tertiary/aromatic N) is 1. The molecule has 0 bridgehead atoms. The van der Waals surface area contributed by atoms with Crippen molar-refractivity contribution in [3.63, 3.8) is 0 Å². The Morgan fingerprint density at radius 3 is 2.90 bits per heavy atom. The average Bonchev–Trinajstić information content (AvgIpc) is 1.95. The quantitative estimate of drug-likeness (QED) is 0.617. The third-order valence-electron chi connectivity index (χ3n) is 1.06. The van der Waals surface area contributed by atoms with E-state index in [1.165, 1.54) is 12.3 Å². The fourth-order valence-electron chi connectivity index (χ4n) is 0.639. The van der Waals surface area contributed by atoms with Crippen molar-refractivity contribution in [2.45, 2.75) is 0 Å². The highest BCUT2D eigenvalue weighted by Crippen LogP contribution is 1.98. The van der Waals surface area contributed by atoms with Gasteiger partial charge in [-0.1, -0.05) is 6.07 Å². The summed E-state index contributed by atoms with van der Waals surface area (Å²) in [4.78, 5) is 3.46. The molecule has 1 N–H and O–H groups in total. The molecule has 1 aromatic heterocycles. The molecule has 0 aliphatic carbocycles. The Hall–Kier alpha value is -0.960. The molecular formula is C7H8FN2. The number of rotatable bonds is 2. The van der Waals surface area contributed by atoms with E-state index >= 15 is 0 Å². The van der Waals surface area contributed by atoms with Crippen molar-refractivity contribution in [2.75, 3.05) is 7.05 Å². The molecule has 0 saturated carbocycles. The van der Waals surface area contributed by atoms with E-state index in [0.29, 0.717) is 0 Å². The zero-order valence-corrected chi connectivity index (χ0v) is 5.63. The summed E-state index contributed by atoms with van der Waals surface area (Å²) in [5.74, 6) is -0.451. The predicted octanol–water partition coefficient (Wildman–Crippen LogP) is 0.950. The lowest BCUT2D eigenvalue weighted by atomic mass is 10.3. The van der Waals surface area contributed by atoms with Gasteiger partial charge in [0.25, 0.3) is 0 Å². The van der Waals surface area contributed by atoms with Gasteiger partial charge in [-0.15, -0.1) is 0 Å². The number of hydrogen-bond acceptors (Lipinski definition) is 2. The van der Waals surface area contributed by atoms with Gasteiger partial charge in [-0.3, -0.25) is 0 Å². The van der Waals surface area contributed by atoms with Crippen molar-refractivity contribution >= 4 is 0 Å². The highest BCUT2D eigenvalue weighted by atomic mass is 19.1. The summed E-state index contributed by atoms with van der Waals surface area (Å²) in [6.45, 7) is 1.74. The molecule has 0 aromatic carbocycles. The molecule has 0 saturated heterocycles. The minimum atomic E-state index is -0.451. The number of pyridine rings is 1. The molecule has 0 amide bonds. The Morgan fingerprint density at radius 2 is 2.40 bits per heavy atom. The minimum Gasteiger partial charge on any atom is -0.311 e. The maximum Gasteiger partial charge on any atom is 0.212 e. The number of halogens is 1. The van der Waals surface area contributed by atoms with E-state index in [1.807, 2.05) is 0 Å². The van der Waals surface area contributed by atoms with Crippen molar-refractivity contribution in [3.8, 4) is 0 Å². The van der Waals surface area contributed by atoms with Crippen molar-refractivity contribution in [2.24, 2.45) is 0 Å². The van der Waals surface area contributed by atoms with Gasteiger partial charge in [-0.25, -0.2) is 4.98 Å². The SMILES string of the molecule is CN[CH]c1ccc(F)nc1. The maximum atomic E-state index is 12.2. The Kier molecular flexibility index (Phi) is 2.34. The lowest BCUT2D eigenvalue weighted by Gasteiger charge is -1.95. The first-order chi connectivity index (χ1) is 4.83. The molecule has 2 nitrogen and oxygen atoms in total. The summed E-state index contributed by atoms with van der Waals surface area (Å²) in [6, 6.07) is 2.97. The first-order valence-electron chi connectivity index (χ1n) is 2.95. The molecule has 1 rings (SSSR count). The summed E-state index contributed by atoms with van der Waals surface area (Å²) < 4.78 is 12.2. The van der Waals surface area contributed by atoms with E-state index in [2.05, 4.69) is 10.3 Å². The average molecular weight is 139 g/mol. The molecule has 0 unspecified atom stereocenters. The fraction of sp³-hybridized carbons (Fsp3) is 0.143. The van der Waals surface area contributed by atoms with Crippen LogP contribution in [0.15, 0.2) is 18.3 Å². The van der Waals surface area contributed by atoms with E-state index in [-0.39, 0.29) is 0 Å². The van der Waals surface area contributed by atoms with E-state index in [1.54, 1.807) is 19.7 Å². The van der Waals surface area contributed by atoms with Gasteiger partial charge in [0.1, 0.15) is 0 Å². The van der Waals surface area contributed by atoms with Crippen LogP contribution in [0, 0.1) is 12.5 Å². The molecule has 10 heavy (non-hydrogen) atoms. The second kappa shape index (κ2) is 3.27. The summed E-state index contributed by atoms with van der Waals surface area (Å²) >= 11 is 0. The summed E-state index contributed by atoms with van der Waals surface area (Å²) in [7, 11) is 1.78. The molecule has 1 aromatic rings. The number of nitrogens with one attached hydrogen (secondary N) is 1. The topological polar surface area (TPSA) is 24.9 Å². The van der Waals surface area contributed by atoms with Crippen LogP contribution < -0.4 is 5.32 Å². The Labute approximate surface area is 59.1 Å². The first kappa shape index (κ1) is 7.15. The van der Waals surface area contributed by atoms with E-state index in [4.69, 9.17) is 0 Å². The van der Waals surface area contributed by atoms with Crippen molar-refractivity contribution in [1.82, 2.24) is 10.3 Å². The van der Waals surface area contributed by atoms with Crippen LogP contribution in [0.2, 0.25) is 0 Å². The maximum absolute atomic E-state index is 12.2. The standard InChI is InChI=1S/C7H8FN2/c1-9-4-6-2-3-7(8)10-5-6/h2-5,9H,1H3. The molecule has 1 radical (unpaired) electrons. The third-order valence-corrected chi connectivity index (χ3v) is 1.06. The lowest BCUT2D eigenvalue weighted by Crippen LogP contribution is -2.02. The largest absolute Gasteiger partial charge is 0.311 e. The lowest BCUT2D eigenvalue weighted by molar-refractivity contribution is 0.583. The van der Waals surface area contributed by atoms with Gasteiger partial charge < -0.3 is 5.32 Å². The Balaban J connectivity index is 2.69. The van der Waals surface area contributed by atoms with Crippen molar-refractivity contribution in [1.29, 1.82) is 0 Å². The summed E-state index contributed by atoms with van der Waals surface area (Å²) in [5, 5.41) is 2.82. The second-order valence-corrected chi connectivity index (χ2v) is 1.85. The molecule has 3 heteroatoms. The first-order valence-corrected chi connectivity index (χ1v) is 2.95. The Bertz CT molecular complexity index is 195. The van der Waals surface area contributed by atoms with Gasteiger partial charge in [0, 0.05) is 6.20 Å². The third kappa shape index (κ3) is 1.77. The zero-order chi connectivity index (χ0) is 7.40. The molecule has 0 fully saturated rings. The van der Waals surface area contributed by atoms with Crippen LogP contribution in [0.4, 0.5) is 4.39 Å². The highest BCUT2D eigenvalue weighted by molar-refractivity contribution is 5.16. The van der Waals surface area contributed by atoms with Crippen molar-refractivity contribution in [3.05, 3.63) is 36.4 Å². The molecule has 0 spiro atoms. The fourth-order valence-corrected chi connectivity index (χ4v) is 0.639. The summed E-state index contributed by atoms with van der Waals surface area (Å²) in [6.07, 6.45) is 1.46. The van der Waals surface area contributed by atoms with E-state index in [9.17, 15) is 4.39 Å². The number of aromatic nitrogens is 1. The van der Waals surface area contributed by atoms with Crippen LogP contribution in [0.1, 0.15) is 5.56 Å². The molecule has 53 valence electrons. The van der Waals surface area contributed by atoms with Crippen LogP contribution in [0.5, 0.6) is 0 Å². The van der Waals surface area contributed by atoms with Gasteiger partial charge in [-0.2, -0.15) is 4.39 Å². The van der Waals surface area contributed by atoms with Crippen LogP contribution in [0.25, 0.3) is 0 Å². The van der Waals surface area contributed by atoms with Gasteiger partial charge in [0.15, 0.2) is 0 Å². The summed E-state index contributed by atoms with van der Waals surface area (Å²) in [5.41, 5.74) is 0.865. The van der Waals surface area contributed by atoms with Crippen molar-refractivity contribution < 1.29 is 4.39 Å². The molecule has 0 atom stereocenters. The van der Waals surface area contributed by atoms with Gasteiger partial charge in [0.2, 0.25) is 5.95 Å². The molecular weight excluding hydrogens is 131 g/mol. The van der Waals surface area contributed by atoms with Gasteiger partial charge in [-0.05, 0) is 18.7 Å². The zero-order valence-electron chi connectivity index (χ0n) is 5.63. The van der Waals surface area contributed by atoms with Gasteiger partial charge >= 0.3 is 0 Å². The van der Waals surface area contributed by atoms with E-state index < -0.39 is 5.95 Å². The molecule has 1 heterocycles. The second-order valence-electron chi connectivity index (χ2n) is 1.85. The van der Waals surface area contributed by atoms with E-state index in [0.717, 1.165) is 5.56 Å². The Morgan fingerprint density at radius 1 is 1.60 bits per heavy atom. The monoisotopic (exact) mass is 139 g/mol. The molecule has 0 aliphatic heterocycles. The minimum absolute atomic E-state index is 0.451. The smallest absolute Gasteiger partial charge is 0.212 e. The van der Waals surface area contributed by atoms with Crippen LogP contribution in [-0.4, -0.2) is 12.0 Å². The van der Waals surface area contributed by atoms with Crippen LogP contribution >= 0.6 is 0 Å². The van der Waals surface area contributed by atoms with Crippen LogP contribution in [0.3, 0.4) is 0 Å². The normalized spacial score (nSPS) is 9.80. The molecule has 0 aliphatic rings. The highest BCUT2D eigenvalue weighted by Gasteiger charge is 1.91.